The molecule has 3 rings (SSSR count). The summed E-state index contributed by atoms with van der Waals surface area (Å²) in [7, 11) is 1.61. The third-order valence-corrected chi connectivity index (χ3v) is 6.34. The van der Waals surface area contributed by atoms with Gasteiger partial charge in [-0.3, -0.25) is 4.79 Å². The van der Waals surface area contributed by atoms with E-state index in [1.54, 1.807) is 31.5 Å². The fourth-order valence-electron chi connectivity index (χ4n) is 3.38. The average molecular weight is 550 g/mol. The molecule has 0 saturated carbocycles. The number of aryl methyl sites for hydroxylation is 2. The number of hydrazone groups is 1. The van der Waals surface area contributed by atoms with Crippen LogP contribution in [0.1, 0.15) is 35.1 Å². The van der Waals surface area contributed by atoms with E-state index in [9.17, 15) is 4.79 Å². The minimum absolute atomic E-state index is 0.220. The first-order valence-electron chi connectivity index (χ1n) is 11.2. The Morgan fingerprint density at radius 1 is 0.972 bits per heavy atom. The van der Waals surface area contributed by atoms with Gasteiger partial charge in [0, 0.05) is 22.0 Å². The predicted octanol–water partition coefficient (Wildman–Crippen LogP) is 7.16. The second kappa shape index (κ2) is 13.4. The van der Waals surface area contributed by atoms with E-state index >= 15 is 0 Å². The summed E-state index contributed by atoms with van der Waals surface area (Å²) < 4.78 is 17.0. The Balaban J connectivity index is 1.49. The molecule has 0 aliphatic heterocycles. The smallest absolute Gasteiger partial charge is 0.240 e. The normalized spacial score (nSPS) is 10.9. The Labute approximate surface area is 226 Å². The van der Waals surface area contributed by atoms with Crippen molar-refractivity contribution in [2.45, 2.75) is 33.3 Å². The number of carbonyl (C=O) groups is 1. The Morgan fingerprint density at radius 2 is 1.69 bits per heavy atom. The number of hydrogen-bond acceptors (Lipinski definition) is 5. The van der Waals surface area contributed by atoms with Crippen LogP contribution >= 0.6 is 34.8 Å². The number of hydrogen-bond donors (Lipinski definition) is 1. The second-order valence-electron chi connectivity index (χ2n) is 8.05. The molecule has 1 amide bonds. The van der Waals surface area contributed by atoms with Crippen molar-refractivity contribution in [2.24, 2.45) is 5.10 Å². The summed E-state index contributed by atoms with van der Waals surface area (Å²) in [6.07, 6.45) is 2.33. The van der Waals surface area contributed by atoms with Crippen LogP contribution in [0.2, 0.25) is 15.1 Å². The van der Waals surface area contributed by atoms with Crippen LogP contribution in [-0.4, -0.2) is 25.8 Å². The van der Waals surface area contributed by atoms with Gasteiger partial charge in [-0.15, -0.1) is 0 Å². The van der Waals surface area contributed by atoms with E-state index in [4.69, 9.17) is 49.0 Å². The molecule has 6 nitrogen and oxygen atoms in total. The van der Waals surface area contributed by atoms with Gasteiger partial charge in [-0.25, -0.2) is 5.43 Å². The van der Waals surface area contributed by atoms with Crippen molar-refractivity contribution in [3.05, 3.63) is 85.9 Å². The highest BCUT2D eigenvalue weighted by Crippen LogP contribution is 2.28. The number of ether oxygens (including phenoxy) is 3. The Hall–Kier alpha value is -2.93. The van der Waals surface area contributed by atoms with Crippen molar-refractivity contribution in [3.8, 4) is 17.2 Å². The van der Waals surface area contributed by atoms with Gasteiger partial charge >= 0.3 is 0 Å². The zero-order valence-electron chi connectivity index (χ0n) is 20.2. The number of amides is 1. The molecule has 9 heteroatoms. The summed E-state index contributed by atoms with van der Waals surface area (Å²) >= 11 is 18.2. The molecule has 3 aromatic rings. The standard InChI is InChI=1S/C27H27Cl3N2O4/c1-17-11-22(12-18(2)27(17)30)36-16-20-13-19(6-8-24(20)34-3)15-31-32-26(33)5-4-10-35-25-9-7-21(28)14-23(25)29/h6-9,11-15H,4-5,10,16H2,1-3H3,(H,32,33)/b31-15-. The summed E-state index contributed by atoms with van der Waals surface area (Å²) in [6.45, 7) is 4.52. The number of nitrogens with one attached hydrogen (secondary N) is 1. The number of benzene rings is 3. The van der Waals surface area contributed by atoms with Crippen molar-refractivity contribution in [3.63, 3.8) is 0 Å². The minimum Gasteiger partial charge on any atom is -0.496 e. The first kappa shape index (κ1) is 27.7. The molecule has 0 saturated heterocycles. The van der Waals surface area contributed by atoms with Gasteiger partial charge in [0.15, 0.2) is 0 Å². The van der Waals surface area contributed by atoms with Gasteiger partial charge in [-0.05, 0) is 85.5 Å². The van der Waals surface area contributed by atoms with E-state index in [-0.39, 0.29) is 12.3 Å². The number of methoxy groups -OCH3 is 1. The van der Waals surface area contributed by atoms with E-state index in [0.717, 1.165) is 33.0 Å². The second-order valence-corrected chi connectivity index (χ2v) is 9.27. The molecule has 190 valence electrons. The van der Waals surface area contributed by atoms with Gasteiger partial charge in [0.2, 0.25) is 5.91 Å². The van der Waals surface area contributed by atoms with Gasteiger partial charge < -0.3 is 14.2 Å². The number of carbonyl (C=O) groups excluding carboxylic acids is 1. The van der Waals surface area contributed by atoms with Crippen LogP contribution in [0.5, 0.6) is 17.2 Å². The van der Waals surface area contributed by atoms with E-state index in [0.29, 0.717) is 41.2 Å². The maximum atomic E-state index is 12.1. The van der Waals surface area contributed by atoms with Gasteiger partial charge in [0.1, 0.15) is 23.9 Å². The van der Waals surface area contributed by atoms with Crippen LogP contribution in [0.3, 0.4) is 0 Å². The molecule has 0 aliphatic carbocycles. The molecule has 0 atom stereocenters. The fourth-order valence-corrected chi connectivity index (χ4v) is 3.96. The highest BCUT2D eigenvalue weighted by molar-refractivity contribution is 6.35. The molecule has 0 unspecified atom stereocenters. The molecule has 1 N–H and O–H groups in total. The Morgan fingerprint density at radius 3 is 2.39 bits per heavy atom. The monoisotopic (exact) mass is 548 g/mol. The summed E-state index contributed by atoms with van der Waals surface area (Å²) in [5, 5.41) is 5.75. The van der Waals surface area contributed by atoms with Crippen molar-refractivity contribution in [2.75, 3.05) is 13.7 Å². The van der Waals surface area contributed by atoms with Gasteiger partial charge in [-0.1, -0.05) is 34.8 Å². The molecule has 0 aromatic heterocycles. The quantitative estimate of drug-likeness (QED) is 0.156. The summed E-state index contributed by atoms with van der Waals surface area (Å²) in [4.78, 5) is 12.1. The Kier molecular flexibility index (Phi) is 10.3. The highest BCUT2D eigenvalue weighted by atomic mass is 35.5. The molecule has 0 radical (unpaired) electrons. The van der Waals surface area contributed by atoms with E-state index < -0.39 is 0 Å². The van der Waals surface area contributed by atoms with Crippen molar-refractivity contribution >= 4 is 46.9 Å². The van der Waals surface area contributed by atoms with Crippen molar-refractivity contribution in [1.82, 2.24) is 5.43 Å². The molecule has 0 aliphatic rings. The summed E-state index contributed by atoms with van der Waals surface area (Å²) in [5.41, 5.74) is 6.07. The predicted molar refractivity (Wildman–Crippen MR) is 145 cm³/mol. The zero-order valence-corrected chi connectivity index (χ0v) is 22.5. The molecule has 0 heterocycles. The minimum atomic E-state index is -0.220. The third kappa shape index (κ3) is 8.05. The molecule has 3 aromatic carbocycles. The summed E-state index contributed by atoms with van der Waals surface area (Å²) in [6, 6.07) is 14.4. The number of halogens is 3. The van der Waals surface area contributed by atoms with E-state index in [1.807, 2.05) is 44.2 Å². The van der Waals surface area contributed by atoms with E-state index in [1.165, 1.54) is 0 Å². The fraction of sp³-hybridized carbons (Fsp3) is 0.259. The van der Waals surface area contributed by atoms with Crippen LogP contribution in [0.25, 0.3) is 0 Å². The first-order valence-corrected chi connectivity index (χ1v) is 12.4. The average Bonchev–Trinajstić information content (AvgIpc) is 2.85. The summed E-state index contributed by atoms with van der Waals surface area (Å²) in [5.74, 6) is 1.73. The molecule has 36 heavy (non-hydrogen) atoms. The van der Waals surface area contributed by atoms with Crippen LogP contribution in [0.4, 0.5) is 0 Å². The lowest BCUT2D eigenvalue weighted by molar-refractivity contribution is -0.121. The first-order chi connectivity index (χ1) is 17.3. The number of rotatable bonds is 11. The van der Waals surface area contributed by atoms with Crippen LogP contribution in [-0.2, 0) is 11.4 Å². The van der Waals surface area contributed by atoms with Crippen molar-refractivity contribution in [1.29, 1.82) is 0 Å². The van der Waals surface area contributed by atoms with Crippen molar-refractivity contribution < 1.29 is 19.0 Å². The van der Waals surface area contributed by atoms with Crippen LogP contribution < -0.4 is 19.6 Å². The molecular formula is C27H27Cl3N2O4. The van der Waals surface area contributed by atoms with Gasteiger partial charge in [-0.2, -0.15) is 5.10 Å². The third-order valence-electron chi connectivity index (χ3n) is 5.21. The Bertz CT molecular complexity index is 1220. The maximum Gasteiger partial charge on any atom is 0.240 e. The largest absolute Gasteiger partial charge is 0.496 e. The lowest BCUT2D eigenvalue weighted by atomic mass is 10.1. The van der Waals surface area contributed by atoms with Crippen LogP contribution in [0.15, 0.2) is 53.6 Å². The zero-order chi connectivity index (χ0) is 26.1. The van der Waals surface area contributed by atoms with E-state index in [2.05, 4.69) is 10.5 Å². The highest BCUT2D eigenvalue weighted by Gasteiger charge is 2.08. The SMILES string of the molecule is COc1ccc(/C=N\NC(=O)CCCOc2ccc(Cl)cc2Cl)cc1COc1cc(C)c(Cl)c(C)c1. The molecular weight excluding hydrogens is 523 g/mol. The molecule has 0 bridgehead atoms. The maximum absolute atomic E-state index is 12.1. The topological polar surface area (TPSA) is 69.2 Å². The molecule has 0 fully saturated rings. The van der Waals surface area contributed by atoms with Gasteiger partial charge in [0.25, 0.3) is 0 Å². The lowest BCUT2D eigenvalue weighted by Gasteiger charge is -2.13. The number of nitrogens with zero attached hydrogens (tertiary/aromatic N) is 1. The van der Waals surface area contributed by atoms with Crippen LogP contribution in [0, 0.1) is 13.8 Å². The lowest BCUT2D eigenvalue weighted by Crippen LogP contribution is -2.18. The molecule has 0 spiro atoms. The van der Waals surface area contributed by atoms with Gasteiger partial charge in [0.05, 0.1) is 25.0 Å².